The summed E-state index contributed by atoms with van der Waals surface area (Å²) < 4.78 is 2.83. The number of thiophene rings is 1. The van der Waals surface area contributed by atoms with Gasteiger partial charge in [0, 0.05) is 23.6 Å². The molecular weight excluding hydrogens is 440 g/mol. The molecule has 0 radical (unpaired) electrons. The highest BCUT2D eigenvalue weighted by Crippen LogP contribution is 2.43. The zero-order chi connectivity index (χ0) is 15.1. The topological polar surface area (TPSA) is 43.8 Å². The van der Waals surface area contributed by atoms with Crippen LogP contribution < -0.4 is 5.73 Å². The van der Waals surface area contributed by atoms with Gasteiger partial charge in [-0.3, -0.25) is 4.68 Å². The monoisotopic (exact) mass is 449 g/mol. The van der Waals surface area contributed by atoms with Crippen molar-refractivity contribution in [3.63, 3.8) is 0 Å². The third-order valence-electron chi connectivity index (χ3n) is 3.15. The number of aryl methyl sites for hydroxylation is 1. The number of hydrogen-bond donors (Lipinski definition) is 1. The summed E-state index contributed by atoms with van der Waals surface area (Å²) in [5, 5.41) is 7.71. The van der Waals surface area contributed by atoms with Crippen LogP contribution in [0.1, 0.15) is 0 Å². The van der Waals surface area contributed by atoms with Gasteiger partial charge >= 0.3 is 0 Å². The Morgan fingerprint density at radius 3 is 2.48 bits per heavy atom. The second-order valence-corrected chi connectivity index (χ2v) is 8.09. The molecule has 0 aliphatic rings. The summed E-state index contributed by atoms with van der Waals surface area (Å²) >= 11 is 16.6. The first-order valence-corrected chi connectivity index (χ1v) is 8.71. The molecular formula is C14H10Cl2IN3S. The van der Waals surface area contributed by atoms with Crippen LogP contribution in [-0.2, 0) is 7.05 Å². The van der Waals surface area contributed by atoms with Gasteiger partial charge in [-0.05, 0) is 40.8 Å². The number of halogens is 3. The normalized spacial score (nSPS) is 11.0. The lowest BCUT2D eigenvalue weighted by Crippen LogP contribution is -1.98. The maximum atomic E-state index is 6.33. The fourth-order valence-corrected chi connectivity index (χ4v) is 4.07. The molecule has 21 heavy (non-hydrogen) atoms. The molecule has 108 valence electrons. The third kappa shape index (κ3) is 2.67. The van der Waals surface area contributed by atoms with E-state index in [9.17, 15) is 0 Å². The second kappa shape index (κ2) is 5.79. The van der Waals surface area contributed by atoms with Crippen LogP contribution in [0.25, 0.3) is 22.4 Å². The van der Waals surface area contributed by atoms with Crippen LogP contribution in [0.2, 0.25) is 10.0 Å². The molecule has 0 atom stereocenters. The van der Waals surface area contributed by atoms with Gasteiger partial charge in [0.15, 0.2) is 0 Å². The van der Waals surface area contributed by atoms with Gasteiger partial charge in [-0.2, -0.15) is 5.10 Å². The molecule has 3 rings (SSSR count). The number of nitrogens with two attached hydrogens (primary N) is 1. The van der Waals surface area contributed by atoms with E-state index in [0.29, 0.717) is 15.9 Å². The van der Waals surface area contributed by atoms with Crippen molar-refractivity contribution in [2.24, 2.45) is 7.05 Å². The Hall–Kier alpha value is -0.760. The summed E-state index contributed by atoms with van der Waals surface area (Å²) in [6, 6.07) is 7.49. The molecule has 0 fully saturated rings. The quantitative estimate of drug-likeness (QED) is 0.538. The lowest BCUT2D eigenvalue weighted by atomic mass is 10.0. The largest absolute Gasteiger partial charge is 0.383 e. The maximum absolute atomic E-state index is 6.33. The summed E-state index contributed by atoms with van der Waals surface area (Å²) in [5.74, 6) is 0.543. The van der Waals surface area contributed by atoms with Gasteiger partial charge in [0.05, 0.1) is 18.5 Å². The number of aromatic nitrogens is 2. The van der Waals surface area contributed by atoms with E-state index in [1.54, 1.807) is 28.2 Å². The van der Waals surface area contributed by atoms with E-state index in [-0.39, 0.29) is 0 Å². The molecule has 0 aliphatic heterocycles. The van der Waals surface area contributed by atoms with E-state index in [0.717, 1.165) is 22.4 Å². The summed E-state index contributed by atoms with van der Waals surface area (Å²) in [4.78, 5) is 0. The predicted octanol–water partition coefficient (Wildman–Crippen LogP) is 5.31. The van der Waals surface area contributed by atoms with E-state index in [4.69, 9.17) is 28.9 Å². The molecule has 0 saturated carbocycles. The number of rotatable bonds is 2. The molecule has 0 unspecified atom stereocenters. The van der Waals surface area contributed by atoms with Gasteiger partial charge in [0.25, 0.3) is 0 Å². The Bertz CT molecular complexity index is 805. The molecule has 0 bridgehead atoms. The van der Waals surface area contributed by atoms with Crippen molar-refractivity contribution in [3.8, 4) is 22.4 Å². The van der Waals surface area contributed by atoms with E-state index in [1.807, 2.05) is 13.1 Å². The summed E-state index contributed by atoms with van der Waals surface area (Å²) in [5.41, 5.74) is 9.52. The highest BCUT2D eigenvalue weighted by atomic mass is 127. The Morgan fingerprint density at radius 1 is 1.24 bits per heavy atom. The van der Waals surface area contributed by atoms with Crippen molar-refractivity contribution in [1.29, 1.82) is 0 Å². The van der Waals surface area contributed by atoms with Crippen LogP contribution in [-0.4, -0.2) is 9.78 Å². The Balaban J connectivity index is 2.32. The Kier molecular flexibility index (Phi) is 4.18. The van der Waals surface area contributed by atoms with E-state index >= 15 is 0 Å². The van der Waals surface area contributed by atoms with Crippen molar-refractivity contribution >= 4 is 62.9 Å². The molecule has 7 heteroatoms. The van der Waals surface area contributed by atoms with Crippen molar-refractivity contribution in [1.82, 2.24) is 9.78 Å². The van der Waals surface area contributed by atoms with Crippen LogP contribution in [0.3, 0.4) is 0 Å². The summed E-state index contributed by atoms with van der Waals surface area (Å²) in [6.07, 6.45) is 0. The number of benzene rings is 1. The third-order valence-corrected chi connectivity index (χ3v) is 5.56. The minimum Gasteiger partial charge on any atom is -0.383 e. The van der Waals surface area contributed by atoms with Crippen molar-refractivity contribution < 1.29 is 0 Å². The summed E-state index contributed by atoms with van der Waals surface area (Å²) in [6.45, 7) is 0. The highest BCUT2D eigenvalue weighted by Gasteiger charge is 2.22. The smallest absolute Gasteiger partial charge is 0.130 e. The zero-order valence-corrected chi connectivity index (χ0v) is 15.4. The Labute approximate surface area is 149 Å². The lowest BCUT2D eigenvalue weighted by Gasteiger charge is -2.08. The molecule has 3 nitrogen and oxygen atoms in total. The van der Waals surface area contributed by atoms with Gasteiger partial charge in [-0.15, -0.1) is 11.3 Å². The molecule has 3 aromatic rings. The van der Waals surface area contributed by atoms with Gasteiger partial charge in [0.2, 0.25) is 0 Å². The van der Waals surface area contributed by atoms with Gasteiger partial charge in [-0.1, -0.05) is 29.3 Å². The number of nitrogens with zero attached hydrogens (tertiary/aromatic N) is 2. The number of nitrogen functional groups attached to an aromatic ring is 1. The van der Waals surface area contributed by atoms with Crippen molar-refractivity contribution in [2.45, 2.75) is 0 Å². The Morgan fingerprint density at radius 2 is 1.90 bits per heavy atom. The first kappa shape index (κ1) is 15.1. The van der Waals surface area contributed by atoms with Crippen LogP contribution in [0.5, 0.6) is 0 Å². The standard InChI is InChI=1S/C14H10Cl2IN3S/c1-20-14(18)12(11-8(15)3-2-4-9(11)16)13(19-20)7-5-10(17)21-6-7/h2-6H,18H2,1H3. The molecule has 2 aromatic heterocycles. The first-order valence-electron chi connectivity index (χ1n) is 6.00. The van der Waals surface area contributed by atoms with Crippen molar-refractivity contribution in [2.75, 3.05) is 5.73 Å². The summed E-state index contributed by atoms with van der Waals surface area (Å²) in [7, 11) is 1.81. The second-order valence-electron chi connectivity index (χ2n) is 4.47. The minimum atomic E-state index is 0.543. The molecule has 0 aliphatic carbocycles. The molecule has 2 heterocycles. The number of anilines is 1. The SMILES string of the molecule is Cn1nc(-c2csc(I)c2)c(-c2c(Cl)cccc2Cl)c1N. The van der Waals surface area contributed by atoms with Crippen LogP contribution in [0, 0.1) is 2.88 Å². The van der Waals surface area contributed by atoms with Gasteiger partial charge in [0.1, 0.15) is 11.5 Å². The molecule has 2 N–H and O–H groups in total. The fourth-order valence-electron chi connectivity index (χ4n) is 2.16. The van der Waals surface area contributed by atoms with Crippen LogP contribution in [0.4, 0.5) is 5.82 Å². The van der Waals surface area contributed by atoms with E-state index < -0.39 is 0 Å². The lowest BCUT2D eigenvalue weighted by molar-refractivity contribution is 0.782. The highest BCUT2D eigenvalue weighted by molar-refractivity contribution is 14.1. The molecule has 0 amide bonds. The van der Waals surface area contributed by atoms with Crippen molar-refractivity contribution in [3.05, 3.63) is 42.6 Å². The van der Waals surface area contributed by atoms with Gasteiger partial charge in [-0.25, -0.2) is 0 Å². The average molecular weight is 450 g/mol. The van der Waals surface area contributed by atoms with Crippen LogP contribution >= 0.6 is 57.1 Å². The van der Waals surface area contributed by atoms with E-state index in [2.05, 4.69) is 39.1 Å². The molecule has 0 saturated heterocycles. The van der Waals surface area contributed by atoms with Gasteiger partial charge < -0.3 is 5.73 Å². The fraction of sp³-hybridized carbons (Fsp3) is 0.0714. The van der Waals surface area contributed by atoms with E-state index in [1.165, 1.54) is 2.88 Å². The first-order chi connectivity index (χ1) is 9.99. The average Bonchev–Trinajstić information content (AvgIpc) is 2.97. The zero-order valence-electron chi connectivity index (χ0n) is 10.9. The molecule has 1 aromatic carbocycles. The number of hydrogen-bond acceptors (Lipinski definition) is 3. The maximum Gasteiger partial charge on any atom is 0.130 e. The molecule has 0 spiro atoms. The predicted molar refractivity (Wildman–Crippen MR) is 99.1 cm³/mol. The minimum absolute atomic E-state index is 0.543. The van der Waals surface area contributed by atoms with Crippen LogP contribution in [0.15, 0.2) is 29.6 Å².